The quantitative estimate of drug-likeness (QED) is 0.0425. The number of aliphatic hydroxyl groups excluding tert-OH is 1. The van der Waals surface area contributed by atoms with Crippen molar-refractivity contribution in [3.05, 3.63) is 97.6 Å². The largest absolute Gasteiger partial charge is 0.458 e. The number of nitrogens with zero attached hydrogens (tertiary/aromatic N) is 2. The molecule has 2 aliphatic heterocycles. The molecule has 3 aliphatic rings. The molecule has 0 spiro atoms. The van der Waals surface area contributed by atoms with E-state index in [0.717, 1.165) is 27.6 Å². The number of esters is 1. The number of ether oxygens (including phenoxy) is 1. The third-order valence-electron chi connectivity index (χ3n) is 12.2. The molecule has 0 fully saturated rings. The number of nitrogens with two attached hydrogens (primary N) is 1. The van der Waals surface area contributed by atoms with Gasteiger partial charge in [0.25, 0.3) is 5.56 Å². The molecule has 322 valence electrons. The van der Waals surface area contributed by atoms with Crippen LogP contribution < -0.4 is 27.2 Å². The topological polar surface area (TPSA) is 232 Å². The van der Waals surface area contributed by atoms with E-state index in [2.05, 4.69) is 16.0 Å². The van der Waals surface area contributed by atoms with E-state index in [0.29, 0.717) is 41.7 Å². The number of hydrogen-bond donors (Lipinski definition) is 6. The number of halogens is 1. The summed E-state index contributed by atoms with van der Waals surface area (Å²) in [6, 6.07) is 10.9. The molecule has 61 heavy (non-hydrogen) atoms. The summed E-state index contributed by atoms with van der Waals surface area (Å²) in [7, 11) is 0. The van der Waals surface area contributed by atoms with Crippen molar-refractivity contribution in [1.82, 2.24) is 25.5 Å². The number of Topliss-reactive ketones (excluding diaryl/α,β-unsaturated/α-hetero) is 2. The van der Waals surface area contributed by atoms with Crippen molar-refractivity contribution >= 4 is 40.3 Å². The van der Waals surface area contributed by atoms with Gasteiger partial charge < -0.3 is 35.9 Å². The van der Waals surface area contributed by atoms with E-state index < -0.39 is 47.2 Å². The van der Waals surface area contributed by atoms with Crippen molar-refractivity contribution in [1.29, 1.82) is 0 Å². The van der Waals surface area contributed by atoms with Gasteiger partial charge in [0.05, 0.1) is 41.6 Å². The second-order valence-corrected chi connectivity index (χ2v) is 16.1. The van der Waals surface area contributed by atoms with E-state index in [1.807, 2.05) is 30.3 Å². The number of benzene rings is 2. The van der Waals surface area contributed by atoms with Gasteiger partial charge in [-0.1, -0.05) is 37.3 Å². The third kappa shape index (κ3) is 8.76. The lowest BCUT2D eigenvalue weighted by molar-refractivity contribution is -0.172. The average Bonchev–Trinajstić information content (AvgIpc) is 3.63. The first-order valence-corrected chi connectivity index (χ1v) is 20.8. The number of hydrogen-bond acceptors (Lipinski definition) is 12. The Kier molecular flexibility index (Phi) is 12.9. The highest BCUT2D eigenvalue weighted by Crippen LogP contribution is 2.46. The average molecular weight is 839 g/mol. The molecular formula is C45H51FN6O9. The first-order valence-electron chi connectivity index (χ1n) is 20.8. The summed E-state index contributed by atoms with van der Waals surface area (Å²) in [5.41, 5.74) is 8.19. The van der Waals surface area contributed by atoms with Gasteiger partial charge in [0.2, 0.25) is 11.8 Å². The smallest absolute Gasteiger partial charge is 0.343 e. The summed E-state index contributed by atoms with van der Waals surface area (Å²) in [4.78, 5) is 81.7. The minimum absolute atomic E-state index is 0.00929. The number of aryl methyl sites for hydroxylation is 1. The Labute approximate surface area is 351 Å². The van der Waals surface area contributed by atoms with Crippen molar-refractivity contribution in [3.8, 4) is 11.4 Å². The van der Waals surface area contributed by atoms with Crippen molar-refractivity contribution in [2.24, 2.45) is 5.73 Å². The van der Waals surface area contributed by atoms with E-state index in [9.17, 15) is 39.0 Å². The van der Waals surface area contributed by atoms with E-state index in [4.69, 9.17) is 15.5 Å². The van der Waals surface area contributed by atoms with Gasteiger partial charge in [-0.05, 0) is 73.8 Å². The number of fused-ring (bicyclic) bond motifs is 5. The molecule has 2 aromatic carbocycles. The molecule has 1 unspecified atom stereocenters. The molecule has 0 radical (unpaired) electrons. The third-order valence-corrected chi connectivity index (χ3v) is 12.2. The molecule has 2 aromatic heterocycles. The number of aromatic nitrogens is 2. The second kappa shape index (κ2) is 18.1. The van der Waals surface area contributed by atoms with Gasteiger partial charge >= 0.3 is 5.97 Å². The maximum atomic E-state index is 15.3. The van der Waals surface area contributed by atoms with Crippen molar-refractivity contribution in [2.75, 3.05) is 13.1 Å². The Morgan fingerprint density at radius 1 is 1.05 bits per heavy atom. The molecule has 4 aromatic rings. The normalized spacial score (nSPS) is 18.4. The Morgan fingerprint density at radius 3 is 2.54 bits per heavy atom. The lowest BCUT2D eigenvalue weighted by Crippen LogP contribution is -2.44. The Morgan fingerprint density at radius 2 is 1.80 bits per heavy atom. The molecule has 2 amide bonds. The van der Waals surface area contributed by atoms with Crippen molar-refractivity contribution in [2.45, 2.75) is 115 Å². The Bertz CT molecular complexity index is 2470. The molecule has 7 rings (SSSR count). The van der Waals surface area contributed by atoms with Crippen molar-refractivity contribution < 1.29 is 43.3 Å². The van der Waals surface area contributed by atoms with Crippen LogP contribution in [0.3, 0.4) is 0 Å². The van der Waals surface area contributed by atoms with Gasteiger partial charge in [-0.2, -0.15) is 0 Å². The summed E-state index contributed by atoms with van der Waals surface area (Å²) in [5, 5.41) is 32.2. The molecular weight excluding hydrogens is 788 g/mol. The zero-order valence-corrected chi connectivity index (χ0v) is 34.3. The van der Waals surface area contributed by atoms with Crippen molar-refractivity contribution in [3.63, 3.8) is 0 Å². The maximum absolute atomic E-state index is 15.3. The highest BCUT2D eigenvalue weighted by atomic mass is 19.1. The second-order valence-electron chi connectivity index (χ2n) is 16.1. The van der Waals surface area contributed by atoms with E-state index in [1.54, 1.807) is 19.9 Å². The van der Waals surface area contributed by atoms with Gasteiger partial charge in [0.15, 0.2) is 11.4 Å². The number of ketones is 2. The minimum Gasteiger partial charge on any atom is -0.458 e. The fourth-order valence-electron chi connectivity index (χ4n) is 8.78. The van der Waals surface area contributed by atoms with Crippen LogP contribution in [0, 0.1) is 12.7 Å². The minimum atomic E-state index is -2.00. The first-order chi connectivity index (χ1) is 29.2. The Balaban J connectivity index is 0.999. The van der Waals surface area contributed by atoms with E-state index >= 15 is 4.39 Å². The predicted octanol–water partition coefficient (Wildman–Crippen LogP) is 2.70. The molecule has 1 aliphatic carbocycles. The van der Waals surface area contributed by atoms with Crippen LogP contribution in [-0.2, 0) is 60.3 Å². The summed E-state index contributed by atoms with van der Waals surface area (Å²) in [6.45, 7) is 3.28. The van der Waals surface area contributed by atoms with Crippen LogP contribution in [0.2, 0.25) is 0 Å². The van der Waals surface area contributed by atoms with Crippen LogP contribution in [0.1, 0.15) is 103 Å². The van der Waals surface area contributed by atoms with Gasteiger partial charge in [-0.3, -0.25) is 29.3 Å². The van der Waals surface area contributed by atoms with E-state index in [-0.39, 0.29) is 99.8 Å². The van der Waals surface area contributed by atoms with Gasteiger partial charge in [0, 0.05) is 60.8 Å². The zero-order valence-electron chi connectivity index (χ0n) is 34.3. The monoisotopic (exact) mass is 838 g/mol. The summed E-state index contributed by atoms with van der Waals surface area (Å²) in [6.07, 6.45) is 0.556. The number of cyclic esters (lactones) is 1. The highest BCUT2D eigenvalue weighted by Gasteiger charge is 2.46. The molecule has 0 saturated carbocycles. The molecule has 16 heteroatoms. The lowest BCUT2D eigenvalue weighted by atomic mass is 9.81. The lowest BCUT2D eigenvalue weighted by Gasteiger charge is -2.31. The number of pyridine rings is 2. The van der Waals surface area contributed by atoms with Gasteiger partial charge in [-0.25, -0.2) is 14.2 Å². The molecule has 7 N–H and O–H groups in total. The predicted molar refractivity (Wildman–Crippen MR) is 221 cm³/mol. The van der Waals surface area contributed by atoms with Crippen LogP contribution in [0.15, 0.2) is 47.3 Å². The molecule has 4 heterocycles. The maximum Gasteiger partial charge on any atom is 0.343 e. The van der Waals surface area contributed by atoms with E-state index in [1.165, 1.54) is 10.6 Å². The molecule has 4 atom stereocenters. The summed E-state index contributed by atoms with van der Waals surface area (Å²) >= 11 is 0. The number of aliphatic hydroxyl groups is 2. The fraction of sp³-hybridized carbons (Fsp3) is 0.444. The number of carbonyl (C=O) groups is 5. The van der Waals surface area contributed by atoms with Crippen LogP contribution in [-0.4, -0.2) is 74.5 Å². The summed E-state index contributed by atoms with van der Waals surface area (Å²) in [5.74, 6) is -2.64. The number of rotatable bonds is 18. The first kappa shape index (κ1) is 43.4. The van der Waals surface area contributed by atoms with Gasteiger partial charge in [-0.15, -0.1) is 0 Å². The van der Waals surface area contributed by atoms with Crippen LogP contribution in [0.5, 0.6) is 0 Å². The molecule has 0 saturated heterocycles. The fourth-order valence-corrected chi connectivity index (χ4v) is 8.78. The highest BCUT2D eigenvalue weighted by molar-refractivity contribution is 5.94. The Hall–Kier alpha value is -5.68. The zero-order chi connectivity index (χ0) is 43.6. The SMILES string of the molecule is CC[C@@]1(O)C(=O)OCc2c1cc1n(c2=O)Cc2c-1nc1cc(F)c(C)c3c1c2[C@@H](NC(O)CCCNC(=O)CCC(=O)[C@H](Cc1ccccc1)NC(=O)CCC(=O)CN)CC3. The molecule has 0 bridgehead atoms. The van der Waals surface area contributed by atoms with Gasteiger partial charge in [0.1, 0.15) is 24.4 Å². The summed E-state index contributed by atoms with van der Waals surface area (Å²) < 4.78 is 22.1. The van der Waals surface area contributed by atoms with Crippen LogP contribution in [0.25, 0.3) is 22.3 Å². The number of amides is 2. The van der Waals surface area contributed by atoms with Crippen LogP contribution in [0.4, 0.5) is 4.39 Å². The number of carbonyl (C=O) groups excluding carboxylic acids is 5. The standard InChI is InChI=1S/C45H51FN6O9/c1-3-45(60)30-19-35-42-28(22-52(35)43(58)29(30)23-61-44(45)59)41-32(13-12-27-24(2)31(46)20-34(51-42)40(27)41)49-38(56)10-7-17-48-37(55)16-14-36(54)33(18-25-8-5-4-6-9-25)50-39(57)15-11-26(53)21-47/h4-6,8-9,19-20,32-33,38,49,56,60H,3,7,10-18,21-23,47H2,1-2H3,(H,48,55)(H,50,57)/t32-,33-,38?,45-/m0/s1. The molecule has 15 nitrogen and oxygen atoms in total. The van der Waals surface area contributed by atoms with Crippen LogP contribution >= 0.6 is 0 Å². The number of nitrogens with one attached hydrogen (secondary N) is 3.